The van der Waals surface area contributed by atoms with Crippen molar-refractivity contribution in [3.8, 4) is 0 Å². The number of anilines is 3. The molecule has 0 fully saturated rings. The average Bonchev–Trinajstić information content (AvgIpc) is 2.41. The quantitative estimate of drug-likeness (QED) is 0.813. The second-order valence-electron chi connectivity index (χ2n) is 4.46. The molecule has 7 heteroatoms. The molecular weight excluding hydrogens is 347 g/mol. The number of alkyl halides is 3. The van der Waals surface area contributed by atoms with Crippen LogP contribution in [0, 0.1) is 6.92 Å². The molecule has 0 saturated carbocycles. The Morgan fingerprint density at radius 1 is 1.10 bits per heavy atom. The predicted molar refractivity (Wildman–Crippen MR) is 80.9 cm³/mol. The van der Waals surface area contributed by atoms with Crippen LogP contribution in [0.4, 0.5) is 30.5 Å². The van der Waals surface area contributed by atoms with Crippen LogP contribution in [-0.2, 0) is 6.18 Å². The molecule has 0 amide bonds. The van der Waals surface area contributed by atoms with Crippen molar-refractivity contribution >= 4 is 33.3 Å². The molecule has 0 saturated heterocycles. The second kappa shape index (κ2) is 5.93. The minimum atomic E-state index is -4.42. The molecule has 1 aromatic carbocycles. The number of hydrogen-bond acceptors (Lipinski definition) is 3. The minimum Gasteiger partial charge on any atom is -0.373 e. The average molecular weight is 360 g/mol. The normalized spacial score (nSPS) is 11.3. The fourth-order valence-electron chi connectivity index (χ4n) is 1.75. The molecule has 2 N–H and O–H groups in total. The van der Waals surface area contributed by atoms with Crippen LogP contribution in [0.5, 0.6) is 0 Å². The molecule has 0 aliphatic rings. The third-order valence-corrected chi connectivity index (χ3v) is 3.36. The Morgan fingerprint density at radius 2 is 1.76 bits per heavy atom. The van der Waals surface area contributed by atoms with E-state index in [1.807, 2.05) is 19.1 Å². The standard InChI is InChI=1S/C14H13BrF3N3/c1-8-3-4-10(15)7-11(8)20-13-6-9(14(16,17)18)5-12(19-2)21-13/h3-7H,1-2H3,(H2,19,20,21). The smallest absolute Gasteiger partial charge is 0.373 e. The summed E-state index contributed by atoms with van der Waals surface area (Å²) in [6, 6.07) is 7.47. The van der Waals surface area contributed by atoms with Crippen molar-refractivity contribution in [1.29, 1.82) is 0 Å². The van der Waals surface area contributed by atoms with E-state index in [1.54, 1.807) is 6.07 Å². The van der Waals surface area contributed by atoms with E-state index >= 15 is 0 Å². The van der Waals surface area contributed by atoms with E-state index in [4.69, 9.17) is 0 Å². The minimum absolute atomic E-state index is 0.135. The highest BCUT2D eigenvalue weighted by Crippen LogP contribution is 2.33. The molecule has 112 valence electrons. The maximum absolute atomic E-state index is 12.9. The van der Waals surface area contributed by atoms with Crippen LogP contribution >= 0.6 is 15.9 Å². The summed E-state index contributed by atoms with van der Waals surface area (Å²) in [7, 11) is 1.52. The Balaban J connectivity index is 2.42. The van der Waals surface area contributed by atoms with Crippen molar-refractivity contribution in [2.45, 2.75) is 13.1 Å². The van der Waals surface area contributed by atoms with E-state index in [0.29, 0.717) is 5.69 Å². The highest BCUT2D eigenvalue weighted by Gasteiger charge is 2.31. The Morgan fingerprint density at radius 3 is 2.38 bits per heavy atom. The highest BCUT2D eigenvalue weighted by molar-refractivity contribution is 9.10. The number of aromatic nitrogens is 1. The maximum atomic E-state index is 12.9. The van der Waals surface area contributed by atoms with Crippen LogP contribution in [-0.4, -0.2) is 12.0 Å². The van der Waals surface area contributed by atoms with Crippen molar-refractivity contribution in [1.82, 2.24) is 4.98 Å². The molecule has 0 unspecified atom stereocenters. The third-order valence-electron chi connectivity index (χ3n) is 2.87. The van der Waals surface area contributed by atoms with E-state index in [-0.39, 0.29) is 11.6 Å². The van der Waals surface area contributed by atoms with Crippen molar-refractivity contribution < 1.29 is 13.2 Å². The number of aryl methyl sites for hydroxylation is 1. The van der Waals surface area contributed by atoms with Gasteiger partial charge in [0.15, 0.2) is 0 Å². The van der Waals surface area contributed by atoms with Gasteiger partial charge < -0.3 is 10.6 Å². The largest absolute Gasteiger partial charge is 0.416 e. The fraction of sp³-hybridized carbons (Fsp3) is 0.214. The van der Waals surface area contributed by atoms with Crippen molar-refractivity contribution in [3.63, 3.8) is 0 Å². The van der Waals surface area contributed by atoms with Crippen molar-refractivity contribution in [2.75, 3.05) is 17.7 Å². The lowest BCUT2D eigenvalue weighted by atomic mass is 10.2. The monoisotopic (exact) mass is 359 g/mol. The van der Waals surface area contributed by atoms with Gasteiger partial charge in [-0.1, -0.05) is 22.0 Å². The Labute approximate surface area is 128 Å². The summed E-state index contributed by atoms with van der Waals surface area (Å²) >= 11 is 3.33. The third kappa shape index (κ3) is 3.87. The van der Waals surface area contributed by atoms with Crippen molar-refractivity contribution in [2.24, 2.45) is 0 Å². The Bertz CT molecular complexity index is 656. The van der Waals surface area contributed by atoms with Crippen LogP contribution in [0.2, 0.25) is 0 Å². The summed E-state index contributed by atoms with van der Waals surface area (Å²) in [6.07, 6.45) is -4.42. The van der Waals surface area contributed by atoms with E-state index in [0.717, 1.165) is 22.2 Å². The lowest BCUT2D eigenvalue weighted by Crippen LogP contribution is -2.08. The van der Waals surface area contributed by atoms with Gasteiger partial charge in [-0.05, 0) is 36.8 Å². The van der Waals surface area contributed by atoms with E-state index in [2.05, 4.69) is 31.5 Å². The molecule has 0 radical (unpaired) electrons. The van der Waals surface area contributed by atoms with Gasteiger partial charge in [-0.15, -0.1) is 0 Å². The maximum Gasteiger partial charge on any atom is 0.416 e. The Hall–Kier alpha value is -1.76. The molecule has 1 heterocycles. The molecule has 0 spiro atoms. The summed E-state index contributed by atoms with van der Waals surface area (Å²) in [5, 5.41) is 5.55. The Kier molecular flexibility index (Phi) is 4.41. The molecule has 21 heavy (non-hydrogen) atoms. The summed E-state index contributed by atoms with van der Waals surface area (Å²) in [4.78, 5) is 4.09. The number of benzene rings is 1. The zero-order chi connectivity index (χ0) is 15.6. The molecule has 0 bridgehead atoms. The predicted octanol–water partition coefficient (Wildman–Crippen LogP) is 4.96. The number of halogens is 4. The van der Waals surface area contributed by atoms with Crippen LogP contribution < -0.4 is 10.6 Å². The number of hydrogen-bond donors (Lipinski definition) is 2. The highest BCUT2D eigenvalue weighted by atomic mass is 79.9. The van der Waals surface area contributed by atoms with E-state index in [1.165, 1.54) is 7.05 Å². The zero-order valence-electron chi connectivity index (χ0n) is 11.3. The first-order valence-corrected chi connectivity index (χ1v) is 6.89. The molecule has 2 rings (SSSR count). The number of rotatable bonds is 3. The van der Waals surface area contributed by atoms with E-state index in [9.17, 15) is 13.2 Å². The molecule has 3 nitrogen and oxygen atoms in total. The van der Waals surface area contributed by atoms with Gasteiger partial charge in [0.2, 0.25) is 0 Å². The molecule has 0 atom stereocenters. The topological polar surface area (TPSA) is 37.0 Å². The van der Waals surface area contributed by atoms with Gasteiger partial charge in [0.25, 0.3) is 0 Å². The first-order chi connectivity index (χ1) is 9.79. The molecule has 0 aliphatic carbocycles. The van der Waals surface area contributed by atoms with E-state index < -0.39 is 11.7 Å². The number of pyridine rings is 1. The van der Waals surface area contributed by atoms with Gasteiger partial charge in [0.1, 0.15) is 11.6 Å². The summed E-state index contributed by atoms with van der Waals surface area (Å²) in [5.41, 5.74) is 0.846. The van der Waals surface area contributed by atoms with Gasteiger partial charge in [0, 0.05) is 17.2 Å². The van der Waals surface area contributed by atoms with Gasteiger partial charge in [-0.2, -0.15) is 13.2 Å². The zero-order valence-corrected chi connectivity index (χ0v) is 12.9. The van der Waals surface area contributed by atoms with Crippen molar-refractivity contribution in [3.05, 3.63) is 45.9 Å². The fourth-order valence-corrected chi connectivity index (χ4v) is 2.11. The van der Waals surface area contributed by atoms with Crippen LogP contribution in [0.15, 0.2) is 34.8 Å². The first-order valence-electron chi connectivity index (χ1n) is 6.10. The van der Waals surface area contributed by atoms with Crippen LogP contribution in [0.1, 0.15) is 11.1 Å². The molecule has 1 aromatic heterocycles. The summed E-state index contributed by atoms with van der Waals surface area (Å²) < 4.78 is 39.5. The molecular formula is C14H13BrF3N3. The SMILES string of the molecule is CNc1cc(C(F)(F)F)cc(Nc2cc(Br)ccc2C)n1. The van der Waals surface area contributed by atoms with Crippen LogP contribution in [0.25, 0.3) is 0 Å². The summed E-state index contributed by atoms with van der Waals surface area (Å²) in [6.45, 7) is 1.86. The molecule has 2 aromatic rings. The lowest BCUT2D eigenvalue weighted by molar-refractivity contribution is -0.137. The first kappa shape index (κ1) is 15.6. The van der Waals surface area contributed by atoms with Crippen LogP contribution in [0.3, 0.4) is 0 Å². The lowest BCUT2D eigenvalue weighted by Gasteiger charge is -2.14. The van der Waals surface area contributed by atoms with Gasteiger partial charge >= 0.3 is 6.18 Å². The number of nitrogens with one attached hydrogen (secondary N) is 2. The van der Waals surface area contributed by atoms with Gasteiger partial charge in [-0.3, -0.25) is 0 Å². The molecule has 0 aliphatic heterocycles. The number of nitrogens with zero attached hydrogens (tertiary/aromatic N) is 1. The second-order valence-corrected chi connectivity index (χ2v) is 5.37. The summed E-state index contributed by atoms with van der Waals surface area (Å²) in [5.74, 6) is 0.287. The van der Waals surface area contributed by atoms with Gasteiger partial charge in [0.05, 0.1) is 5.56 Å². The van der Waals surface area contributed by atoms with Gasteiger partial charge in [-0.25, -0.2) is 4.98 Å².